The number of hydrogen-bond acceptors (Lipinski definition) is 1. The molecule has 0 saturated heterocycles. The van der Waals surface area contributed by atoms with E-state index in [0.29, 0.717) is 22.4 Å². The van der Waals surface area contributed by atoms with Gasteiger partial charge in [-0.25, -0.2) is 0 Å². The van der Waals surface area contributed by atoms with Crippen LogP contribution in [-0.4, -0.2) is 6.61 Å². The molecule has 0 fully saturated rings. The summed E-state index contributed by atoms with van der Waals surface area (Å²) in [6.07, 6.45) is 3.83. The van der Waals surface area contributed by atoms with Gasteiger partial charge in [-0.2, -0.15) is 0 Å². The van der Waals surface area contributed by atoms with Crippen molar-refractivity contribution in [1.29, 1.82) is 0 Å². The molecule has 0 unspecified atom stereocenters. The molecule has 0 aliphatic heterocycles. The van der Waals surface area contributed by atoms with Gasteiger partial charge >= 0.3 is 0 Å². The molecule has 0 heterocycles. The van der Waals surface area contributed by atoms with Crippen LogP contribution in [0.4, 0.5) is 0 Å². The lowest BCUT2D eigenvalue weighted by molar-refractivity contribution is 0.363. The van der Waals surface area contributed by atoms with Crippen molar-refractivity contribution >= 4 is 23.2 Å². The molecule has 0 aliphatic rings. The quantitative estimate of drug-likeness (QED) is 0.696. The van der Waals surface area contributed by atoms with Gasteiger partial charge in [0.1, 0.15) is 12.4 Å². The maximum Gasteiger partial charge on any atom is 0.138 e. The molecule has 3 heteroatoms. The van der Waals surface area contributed by atoms with E-state index in [1.165, 1.54) is 0 Å². The molecule has 1 aromatic rings. The van der Waals surface area contributed by atoms with Gasteiger partial charge in [-0.3, -0.25) is 0 Å². The van der Waals surface area contributed by atoms with Crippen molar-refractivity contribution in [2.24, 2.45) is 0 Å². The number of halogens is 2. The van der Waals surface area contributed by atoms with Crippen LogP contribution in [0.5, 0.6) is 5.75 Å². The van der Waals surface area contributed by atoms with Crippen LogP contribution in [0, 0.1) is 0 Å². The predicted molar refractivity (Wildman–Crippen MR) is 56.8 cm³/mol. The standard InChI is InChI=1S/C10H10Cl2O/c1-2-3-6-13-10-5-4-8(11)7-9(10)12/h2-5,7H,6H2,1H3/b3-2+. The number of ether oxygens (including phenoxy) is 1. The van der Waals surface area contributed by atoms with E-state index in [4.69, 9.17) is 27.9 Å². The molecule has 0 aliphatic carbocycles. The third kappa shape index (κ3) is 3.29. The normalized spacial score (nSPS) is 10.7. The molecule has 1 aromatic carbocycles. The zero-order chi connectivity index (χ0) is 9.68. The fraction of sp³-hybridized carbons (Fsp3) is 0.200. The Balaban J connectivity index is 2.66. The number of allylic oxidation sites excluding steroid dienone is 1. The van der Waals surface area contributed by atoms with E-state index in [1.54, 1.807) is 18.2 Å². The molecule has 0 atom stereocenters. The van der Waals surface area contributed by atoms with Gasteiger partial charge in [-0.1, -0.05) is 35.4 Å². The van der Waals surface area contributed by atoms with Crippen LogP contribution in [0.3, 0.4) is 0 Å². The van der Waals surface area contributed by atoms with Crippen LogP contribution in [0.1, 0.15) is 6.92 Å². The highest BCUT2D eigenvalue weighted by atomic mass is 35.5. The second-order valence-corrected chi connectivity index (χ2v) is 3.30. The molecule has 13 heavy (non-hydrogen) atoms. The first-order valence-corrected chi connectivity index (χ1v) is 4.68. The van der Waals surface area contributed by atoms with Gasteiger partial charge in [-0.05, 0) is 25.1 Å². The zero-order valence-corrected chi connectivity index (χ0v) is 8.77. The molecule has 0 saturated carbocycles. The molecule has 0 spiro atoms. The van der Waals surface area contributed by atoms with Crippen molar-refractivity contribution in [3.63, 3.8) is 0 Å². The third-order valence-electron chi connectivity index (χ3n) is 1.46. The third-order valence-corrected chi connectivity index (χ3v) is 2.00. The molecule has 70 valence electrons. The second-order valence-electron chi connectivity index (χ2n) is 2.45. The van der Waals surface area contributed by atoms with Gasteiger partial charge in [0, 0.05) is 5.02 Å². The summed E-state index contributed by atoms with van der Waals surface area (Å²) in [7, 11) is 0. The Labute approximate surface area is 87.9 Å². The highest BCUT2D eigenvalue weighted by molar-refractivity contribution is 6.35. The fourth-order valence-corrected chi connectivity index (χ4v) is 1.29. The van der Waals surface area contributed by atoms with Crippen LogP contribution in [0.2, 0.25) is 10.0 Å². The summed E-state index contributed by atoms with van der Waals surface area (Å²) in [5.74, 6) is 0.657. The molecular formula is C10H10Cl2O. The average molecular weight is 217 g/mol. The average Bonchev–Trinajstić information content (AvgIpc) is 2.09. The second kappa shape index (κ2) is 5.15. The number of rotatable bonds is 3. The minimum atomic E-state index is 0.526. The molecule has 0 aromatic heterocycles. The summed E-state index contributed by atoms with van der Waals surface area (Å²) in [5, 5.41) is 1.15. The molecule has 0 radical (unpaired) electrons. The Morgan fingerprint density at radius 3 is 2.77 bits per heavy atom. The first kappa shape index (κ1) is 10.4. The van der Waals surface area contributed by atoms with Crippen molar-refractivity contribution in [2.75, 3.05) is 6.61 Å². The minimum absolute atomic E-state index is 0.526. The summed E-state index contributed by atoms with van der Waals surface area (Å²) in [5.41, 5.74) is 0. The van der Waals surface area contributed by atoms with Gasteiger partial charge in [0.15, 0.2) is 0 Å². The summed E-state index contributed by atoms with van der Waals surface area (Å²) in [6.45, 7) is 2.46. The minimum Gasteiger partial charge on any atom is -0.488 e. The smallest absolute Gasteiger partial charge is 0.138 e. The monoisotopic (exact) mass is 216 g/mol. The lowest BCUT2D eigenvalue weighted by Crippen LogP contribution is -1.93. The van der Waals surface area contributed by atoms with Gasteiger partial charge < -0.3 is 4.74 Å². The molecule has 1 rings (SSSR count). The number of hydrogen-bond donors (Lipinski definition) is 0. The maximum absolute atomic E-state index is 5.87. The van der Waals surface area contributed by atoms with E-state index in [2.05, 4.69) is 0 Å². The van der Waals surface area contributed by atoms with Crippen LogP contribution < -0.4 is 4.74 Å². The van der Waals surface area contributed by atoms with E-state index in [9.17, 15) is 0 Å². The summed E-state index contributed by atoms with van der Waals surface area (Å²) in [4.78, 5) is 0. The van der Waals surface area contributed by atoms with Gasteiger partial charge in [0.2, 0.25) is 0 Å². The Kier molecular flexibility index (Phi) is 4.13. The Morgan fingerprint density at radius 2 is 2.15 bits per heavy atom. The SMILES string of the molecule is C/C=C/COc1ccc(Cl)cc1Cl. The molecular weight excluding hydrogens is 207 g/mol. The van der Waals surface area contributed by atoms with Crippen molar-refractivity contribution in [3.05, 3.63) is 40.4 Å². The zero-order valence-electron chi connectivity index (χ0n) is 7.26. The summed E-state index contributed by atoms with van der Waals surface area (Å²) in [6, 6.07) is 5.17. The van der Waals surface area contributed by atoms with E-state index in [-0.39, 0.29) is 0 Å². The van der Waals surface area contributed by atoms with Crippen LogP contribution in [0.15, 0.2) is 30.4 Å². The highest BCUT2D eigenvalue weighted by Gasteiger charge is 2.00. The predicted octanol–water partition coefficient (Wildman–Crippen LogP) is 3.95. The van der Waals surface area contributed by atoms with Crippen molar-refractivity contribution in [1.82, 2.24) is 0 Å². The van der Waals surface area contributed by atoms with E-state index < -0.39 is 0 Å². The largest absolute Gasteiger partial charge is 0.488 e. The summed E-state index contributed by atoms with van der Waals surface area (Å²) >= 11 is 11.6. The first-order valence-electron chi connectivity index (χ1n) is 3.93. The van der Waals surface area contributed by atoms with Crippen molar-refractivity contribution in [2.45, 2.75) is 6.92 Å². The lowest BCUT2D eigenvalue weighted by atomic mass is 10.3. The summed E-state index contributed by atoms with van der Waals surface area (Å²) < 4.78 is 5.35. The Hall–Kier alpha value is -0.660. The van der Waals surface area contributed by atoms with Crippen LogP contribution >= 0.6 is 23.2 Å². The topological polar surface area (TPSA) is 9.23 Å². The van der Waals surface area contributed by atoms with Gasteiger partial charge in [0.05, 0.1) is 5.02 Å². The van der Waals surface area contributed by atoms with Crippen molar-refractivity contribution < 1.29 is 4.74 Å². The first-order chi connectivity index (χ1) is 6.24. The van der Waals surface area contributed by atoms with E-state index >= 15 is 0 Å². The van der Waals surface area contributed by atoms with E-state index in [1.807, 2.05) is 19.1 Å². The lowest BCUT2D eigenvalue weighted by Gasteiger charge is -2.04. The fourth-order valence-electron chi connectivity index (χ4n) is 0.826. The van der Waals surface area contributed by atoms with Gasteiger partial charge in [0.25, 0.3) is 0 Å². The molecule has 0 bridgehead atoms. The highest BCUT2D eigenvalue weighted by Crippen LogP contribution is 2.27. The van der Waals surface area contributed by atoms with Crippen LogP contribution in [-0.2, 0) is 0 Å². The molecule has 1 nitrogen and oxygen atoms in total. The van der Waals surface area contributed by atoms with Gasteiger partial charge in [-0.15, -0.1) is 0 Å². The Bertz CT molecular complexity index is 308. The van der Waals surface area contributed by atoms with Crippen molar-refractivity contribution in [3.8, 4) is 5.75 Å². The maximum atomic E-state index is 5.87. The number of benzene rings is 1. The Morgan fingerprint density at radius 1 is 1.38 bits per heavy atom. The van der Waals surface area contributed by atoms with E-state index in [0.717, 1.165) is 0 Å². The molecule has 0 N–H and O–H groups in total. The van der Waals surface area contributed by atoms with Crippen LogP contribution in [0.25, 0.3) is 0 Å². The molecule has 0 amide bonds.